The number of nitrogens with one attached hydrogen (secondary N) is 1. The minimum Gasteiger partial charge on any atom is -0.489 e. The largest absolute Gasteiger partial charge is 0.489 e. The van der Waals surface area contributed by atoms with Crippen LogP contribution in [-0.2, 0) is 16.2 Å². The Kier molecular flexibility index (Phi) is 6.36. The maximum absolute atomic E-state index is 13.0. The number of carbonyl (C=O) groups excluding carboxylic acids is 2. The highest BCUT2D eigenvalue weighted by atomic mass is 35.5. The van der Waals surface area contributed by atoms with Crippen molar-refractivity contribution in [3.8, 4) is 11.4 Å². The standard InChI is InChI=1S/C29H24ClN3O3/c1-19-16-22(17-27-28(34)31-33(29(27)35)25-6-4-3-5-7-25)20(2)32(19)24-12-14-26(15-13-24)36-18-21-8-10-23(30)11-9-21/h3-17H,18H2,1-2H3,(H,31,34). The van der Waals surface area contributed by atoms with Crippen LogP contribution in [0.15, 0.2) is 90.5 Å². The first-order valence-corrected chi connectivity index (χ1v) is 11.9. The zero-order valence-electron chi connectivity index (χ0n) is 19.9. The Labute approximate surface area is 214 Å². The van der Waals surface area contributed by atoms with Crippen molar-refractivity contribution >= 4 is 35.2 Å². The highest BCUT2D eigenvalue weighted by Gasteiger charge is 2.34. The molecule has 2 heterocycles. The van der Waals surface area contributed by atoms with Gasteiger partial charge in [-0.15, -0.1) is 0 Å². The highest BCUT2D eigenvalue weighted by molar-refractivity contribution is 6.31. The summed E-state index contributed by atoms with van der Waals surface area (Å²) in [6, 6.07) is 26.4. The van der Waals surface area contributed by atoms with Crippen LogP contribution in [0.2, 0.25) is 5.02 Å². The summed E-state index contributed by atoms with van der Waals surface area (Å²) in [5.74, 6) is -0.0400. The summed E-state index contributed by atoms with van der Waals surface area (Å²) >= 11 is 5.94. The summed E-state index contributed by atoms with van der Waals surface area (Å²) in [7, 11) is 0. The maximum atomic E-state index is 13.0. The molecule has 0 spiro atoms. The molecule has 180 valence electrons. The minimum atomic E-state index is -0.421. The number of nitrogens with zero attached hydrogens (tertiary/aromatic N) is 2. The number of halogens is 1. The van der Waals surface area contributed by atoms with E-state index in [0.29, 0.717) is 17.3 Å². The van der Waals surface area contributed by atoms with Crippen molar-refractivity contribution in [1.82, 2.24) is 9.99 Å². The summed E-state index contributed by atoms with van der Waals surface area (Å²) in [6.45, 7) is 4.41. The van der Waals surface area contributed by atoms with Crippen LogP contribution in [0.1, 0.15) is 22.5 Å². The van der Waals surface area contributed by atoms with Gasteiger partial charge in [0.25, 0.3) is 11.8 Å². The first-order chi connectivity index (χ1) is 17.4. The number of rotatable bonds is 6. The fourth-order valence-corrected chi connectivity index (χ4v) is 4.37. The lowest BCUT2D eigenvalue weighted by Gasteiger charge is -2.13. The molecule has 2 amide bonds. The Morgan fingerprint density at radius 1 is 0.889 bits per heavy atom. The molecule has 36 heavy (non-hydrogen) atoms. The molecule has 0 radical (unpaired) electrons. The predicted molar refractivity (Wildman–Crippen MR) is 141 cm³/mol. The third-order valence-corrected chi connectivity index (χ3v) is 6.34. The molecule has 1 aromatic heterocycles. The Hall–Kier alpha value is -4.29. The molecule has 0 aliphatic carbocycles. The molecule has 0 unspecified atom stereocenters. The minimum absolute atomic E-state index is 0.102. The van der Waals surface area contributed by atoms with Gasteiger partial charge in [-0.1, -0.05) is 41.9 Å². The van der Waals surface area contributed by atoms with Crippen LogP contribution in [0.5, 0.6) is 5.75 Å². The normalized spacial score (nSPS) is 14.4. The number of carbonyl (C=O) groups is 2. The van der Waals surface area contributed by atoms with Crippen LogP contribution < -0.4 is 15.2 Å². The smallest absolute Gasteiger partial charge is 0.282 e. The molecule has 6 nitrogen and oxygen atoms in total. The molecule has 7 heteroatoms. The average Bonchev–Trinajstić information content (AvgIpc) is 3.33. The quantitative estimate of drug-likeness (QED) is 0.271. The molecule has 1 aliphatic heterocycles. The van der Waals surface area contributed by atoms with Crippen LogP contribution in [0.3, 0.4) is 0 Å². The fraction of sp³-hybridized carbons (Fsp3) is 0.103. The summed E-state index contributed by atoms with van der Waals surface area (Å²) in [4.78, 5) is 25.6. The predicted octanol–water partition coefficient (Wildman–Crippen LogP) is 5.79. The first-order valence-electron chi connectivity index (χ1n) is 11.5. The van der Waals surface area contributed by atoms with Gasteiger partial charge < -0.3 is 9.30 Å². The summed E-state index contributed by atoms with van der Waals surface area (Å²) in [5.41, 5.74) is 8.08. The third-order valence-electron chi connectivity index (χ3n) is 6.09. The molecule has 1 N–H and O–H groups in total. The number of benzene rings is 3. The van der Waals surface area contributed by atoms with Gasteiger partial charge in [-0.25, -0.2) is 5.01 Å². The number of para-hydroxylation sites is 1. The number of amides is 2. The highest BCUT2D eigenvalue weighted by Crippen LogP contribution is 2.27. The molecule has 1 aliphatic rings. The number of aryl methyl sites for hydroxylation is 1. The number of anilines is 1. The molecule has 3 aromatic carbocycles. The Morgan fingerprint density at radius 3 is 2.28 bits per heavy atom. The Bertz CT molecular complexity index is 1460. The lowest BCUT2D eigenvalue weighted by atomic mass is 10.1. The summed E-state index contributed by atoms with van der Waals surface area (Å²) in [6.07, 6.45) is 1.66. The lowest BCUT2D eigenvalue weighted by Crippen LogP contribution is -2.35. The van der Waals surface area contributed by atoms with E-state index < -0.39 is 5.91 Å². The number of hydrazine groups is 1. The zero-order valence-corrected chi connectivity index (χ0v) is 20.6. The molecule has 4 aromatic rings. The average molecular weight is 498 g/mol. The van der Waals surface area contributed by atoms with E-state index in [9.17, 15) is 9.59 Å². The molecular weight excluding hydrogens is 474 g/mol. The third kappa shape index (κ3) is 4.63. The maximum Gasteiger partial charge on any atom is 0.282 e. The van der Waals surface area contributed by atoms with Crippen molar-refractivity contribution in [3.63, 3.8) is 0 Å². The van der Waals surface area contributed by atoms with Gasteiger partial charge in [0.15, 0.2) is 0 Å². The molecule has 0 atom stereocenters. The molecule has 5 rings (SSSR count). The number of hydrogen-bond acceptors (Lipinski definition) is 3. The molecule has 0 saturated carbocycles. The van der Waals surface area contributed by atoms with E-state index in [1.807, 2.05) is 86.6 Å². The van der Waals surface area contributed by atoms with Crippen LogP contribution in [-0.4, -0.2) is 16.4 Å². The Morgan fingerprint density at radius 2 is 1.58 bits per heavy atom. The summed E-state index contributed by atoms with van der Waals surface area (Å²) < 4.78 is 7.98. The second-order valence-electron chi connectivity index (χ2n) is 8.55. The topological polar surface area (TPSA) is 63.6 Å². The van der Waals surface area contributed by atoms with E-state index in [-0.39, 0.29) is 11.5 Å². The van der Waals surface area contributed by atoms with Crippen molar-refractivity contribution in [2.45, 2.75) is 20.5 Å². The summed E-state index contributed by atoms with van der Waals surface area (Å²) in [5, 5.41) is 1.97. The monoisotopic (exact) mass is 497 g/mol. The van der Waals surface area contributed by atoms with Crippen molar-refractivity contribution in [2.24, 2.45) is 0 Å². The zero-order chi connectivity index (χ0) is 25.2. The van der Waals surface area contributed by atoms with E-state index in [4.69, 9.17) is 16.3 Å². The van der Waals surface area contributed by atoms with Gasteiger partial charge in [-0.05, 0) is 85.6 Å². The fourth-order valence-electron chi connectivity index (χ4n) is 4.24. The second-order valence-corrected chi connectivity index (χ2v) is 8.98. The Balaban J connectivity index is 1.35. The van der Waals surface area contributed by atoms with Gasteiger partial charge in [0.05, 0.1) is 5.69 Å². The number of aromatic nitrogens is 1. The second kappa shape index (κ2) is 9.76. The van der Waals surface area contributed by atoms with E-state index >= 15 is 0 Å². The van der Waals surface area contributed by atoms with Gasteiger partial charge in [-0.3, -0.25) is 15.0 Å². The van der Waals surface area contributed by atoms with Gasteiger partial charge in [0.1, 0.15) is 17.9 Å². The van der Waals surface area contributed by atoms with Gasteiger partial charge >= 0.3 is 0 Å². The van der Waals surface area contributed by atoms with Crippen molar-refractivity contribution in [3.05, 3.63) is 118 Å². The van der Waals surface area contributed by atoms with Crippen LogP contribution in [0.4, 0.5) is 5.69 Å². The van der Waals surface area contributed by atoms with Gasteiger partial charge in [0.2, 0.25) is 0 Å². The van der Waals surface area contributed by atoms with Crippen LogP contribution in [0, 0.1) is 13.8 Å². The van der Waals surface area contributed by atoms with E-state index in [1.165, 1.54) is 5.01 Å². The van der Waals surface area contributed by atoms with Crippen LogP contribution in [0.25, 0.3) is 11.8 Å². The van der Waals surface area contributed by atoms with Gasteiger partial charge in [-0.2, -0.15) is 0 Å². The van der Waals surface area contributed by atoms with E-state index in [1.54, 1.807) is 18.2 Å². The molecule has 0 bridgehead atoms. The number of hydrogen-bond donors (Lipinski definition) is 1. The van der Waals surface area contributed by atoms with E-state index in [2.05, 4.69) is 9.99 Å². The first kappa shape index (κ1) is 23.5. The SMILES string of the molecule is Cc1cc(C=C2C(=O)NN(c3ccccc3)C2=O)c(C)n1-c1ccc(OCc2ccc(Cl)cc2)cc1. The van der Waals surface area contributed by atoms with Crippen molar-refractivity contribution < 1.29 is 14.3 Å². The molecule has 1 fully saturated rings. The van der Waals surface area contributed by atoms with E-state index in [0.717, 1.165) is 34.0 Å². The van der Waals surface area contributed by atoms with Crippen molar-refractivity contribution in [2.75, 3.05) is 5.01 Å². The van der Waals surface area contributed by atoms with Gasteiger partial charge in [0, 0.05) is 22.1 Å². The number of ether oxygens (including phenoxy) is 1. The van der Waals surface area contributed by atoms with Crippen molar-refractivity contribution in [1.29, 1.82) is 0 Å². The molecular formula is C29H24ClN3O3. The lowest BCUT2D eigenvalue weighted by molar-refractivity contribution is -0.117. The molecule has 1 saturated heterocycles. The van der Waals surface area contributed by atoms with Crippen LogP contribution >= 0.6 is 11.6 Å².